The van der Waals surface area contributed by atoms with E-state index in [1.807, 2.05) is 17.0 Å². The molecule has 2 heterocycles. The molecule has 1 saturated heterocycles. The van der Waals surface area contributed by atoms with Gasteiger partial charge >= 0.3 is 0 Å². The second-order valence-corrected chi connectivity index (χ2v) is 5.64. The number of piperazine rings is 1. The van der Waals surface area contributed by atoms with Crippen molar-refractivity contribution in [2.75, 3.05) is 31.1 Å². The summed E-state index contributed by atoms with van der Waals surface area (Å²) in [7, 11) is 0. The van der Waals surface area contributed by atoms with Gasteiger partial charge in [-0.2, -0.15) is 0 Å². The first-order valence-corrected chi connectivity index (χ1v) is 7.41. The third-order valence-electron chi connectivity index (χ3n) is 3.98. The van der Waals surface area contributed by atoms with Crippen molar-refractivity contribution in [3.05, 3.63) is 24.0 Å². The summed E-state index contributed by atoms with van der Waals surface area (Å²) < 4.78 is 0. The predicted molar refractivity (Wildman–Crippen MR) is 79.2 cm³/mol. The van der Waals surface area contributed by atoms with Gasteiger partial charge in [0.25, 0.3) is 5.91 Å². The third-order valence-corrected chi connectivity index (χ3v) is 3.98. The molecule has 6 heteroatoms. The zero-order valence-corrected chi connectivity index (χ0v) is 12.2. The number of carbonyl (C=O) groups is 2. The summed E-state index contributed by atoms with van der Waals surface area (Å²) in [6, 6.07) is 4.08. The van der Waals surface area contributed by atoms with E-state index < -0.39 is 0 Å². The molecule has 1 aromatic heterocycles. The summed E-state index contributed by atoms with van der Waals surface area (Å²) in [5.41, 5.74) is 1.46. The van der Waals surface area contributed by atoms with Gasteiger partial charge in [0.05, 0.1) is 0 Å². The Balaban J connectivity index is 1.65. The first-order valence-electron chi connectivity index (χ1n) is 7.41. The highest BCUT2D eigenvalue weighted by atomic mass is 16.2. The number of aromatic nitrogens is 1. The number of amides is 2. The van der Waals surface area contributed by atoms with Crippen LogP contribution in [-0.4, -0.2) is 53.9 Å². The molecule has 1 saturated carbocycles. The number of carbonyl (C=O) groups excluding carboxylic acids is 2. The molecule has 0 unspecified atom stereocenters. The Bertz CT molecular complexity index is 548. The summed E-state index contributed by atoms with van der Waals surface area (Å²) in [6.45, 7) is 4.62. The number of rotatable bonds is 3. The molecule has 1 N–H and O–H groups in total. The van der Waals surface area contributed by atoms with Crippen LogP contribution in [0.15, 0.2) is 18.3 Å². The van der Waals surface area contributed by atoms with Gasteiger partial charge in [0.1, 0.15) is 5.69 Å². The lowest BCUT2D eigenvalue weighted by molar-refractivity contribution is -0.129. The Labute approximate surface area is 124 Å². The van der Waals surface area contributed by atoms with E-state index in [1.165, 1.54) is 0 Å². The van der Waals surface area contributed by atoms with Crippen LogP contribution in [0.25, 0.3) is 0 Å². The molecule has 0 radical (unpaired) electrons. The maximum absolute atomic E-state index is 12.0. The van der Waals surface area contributed by atoms with Gasteiger partial charge in [-0.3, -0.25) is 14.6 Å². The van der Waals surface area contributed by atoms with E-state index in [1.54, 1.807) is 13.1 Å². The van der Waals surface area contributed by atoms with Gasteiger partial charge < -0.3 is 15.1 Å². The van der Waals surface area contributed by atoms with Crippen molar-refractivity contribution in [1.29, 1.82) is 0 Å². The summed E-state index contributed by atoms with van der Waals surface area (Å²) in [5.74, 6) is 0.0237. The number of nitrogens with one attached hydrogen (secondary N) is 1. The molecule has 21 heavy (non-hydrogen) atoms. The summed E-state index contributed by atoms with van der Waals surface area (Å²) >= 11 is 0. The van der Waals surface area contributed by atoms with Crippen LogP contribution in [0.3, 0.4) is 0 Å². The minimum atomic E-state index is -0.0956. The van der Waals surface area contributed by atoms with Gasteiger partial charge in [-0.15, -0.1) is 0 Å². The van der Waals surface area contributed by atoms with Crippen LogP contribution in [0.5, 0.6) is 0 Å². The molecule has 2 fully saturated rings. The van der Waals surface area contributed by atoms with Gasteiger partial charge in [-0.25, -0.2) is 0 Å². The van der Waals surface area contributed by atoms with Crippen molar-refractivity contribution in [3.8, 4) is 0 Å². The Hall–Kier alpha value is -2.11. The second-order valence-electron chi connectivity index (χ2n) is 5.64. The number of nitrogens with zero attached hydrogens (tertiary/aromatic N) is 3. The van der Waals surface area contributed by atoms with Crippen molar-refractivity contribution in [1.82, 2.24) is 15.2 Å². The van der Waals surface area contributed by atoms with Gasteiger partial charge in [-0.1, -0.05) is 0 Å². The SMILES string of the molecule is CC(=O)N1CCN(c2ccnc(C(=O)NC3CC3)c2)CC1. The summed E-state index contributed by atoms with van der Waals surface area (Å²) in [6.07, 6.45) is 3.81. The molecule has 1 aromatic rings. The van der Waals surface area contributed by atoms with Crippen LogP contribution in [0.1, 0.15) is 30.3 Å². The molecule has 6 nitrogen and oxygen atoms in total. The molecule has 0 spiro atoms. The normalized spacial score (nSPS) is 18.5. The van der Waals surface area contributed by atoms with Crippen LogP contribution < -0.4 is 10.2 Å². The number of anilines is 1. The molecule has 1 aliphatic carbocycles. The smallest absolute Gasteiger partial charge is 0.270 e. The van der Waals surface area contributed by atoms with E-state index in [4.69, 9.17) is 0 Å². The highest BCUT2D eigenvalue weighted by molar-refractivity contribution is 5.93. The van der Waals surface area contributed by atoms with Crippen molar-refractivity contribution in [3.63, 3.8) is 0 Å². The minimum Gasteiger partial charge on any atom is -0.368 e. The molecule has 0 bridgehead atoms. The molecule has 1 aliphatic heterocycles. The monoisotopic (exact) mass is 288 g/mol. The van der Waals surface area contributed by atoms with E-state index in [0.717, 1.165) is 44.7 Å². The fourth-order valence-corrected chi connectivity index (χ4v) is 2.51. The molecule has 0 aromatic carbocycles. The van der Waals surface area contributed by atoms with Crippen molar-refractivity contribution in [2.24, 2.45) is 0 Å². The van der Waals surface area contributed by atoms with E-state index in [0.29, 0.717) is 11.7 Å². The fourth-order valence-electron chi connectivity index (χ4n) is 2.51. The van der Waals surface area contributed by atoms with Crippen molar-refractivity contribution >= 4 is 17.5 Å². The maximum Gasteiger partial charge on any atom is 0.270 e. The molecule has 112 valence electrons. The molecular formula is C15H20N4O2. The highest BCUT2D eigenvalue weighted by Gasteiger charge is 2.25. The second kappa shape index (κ2) is 5.71. The van der Waals surface area contributed by atoms with E-state index >= 15 is 0 Å². The zero-order chi connectivity index (χ0) is 14.8. The summed E-state index contributed by atoms with van der Waals surface area (Å²) in [5, 5.41) is 2.95. The molecular weight excluding hydrogens is 268 g/mol. The zero-order valence-electron chi connectivity index (χ0n) is 12.2. The number of hydrogen-bond donors (Lipinski definition) is 1. The average Bonchev–Trinajstić information content (AvgIpc) is 3.31. The average molecular weight is 288 g/mol. The van der Waals surface area contributed by atoms with Crippen LogP contribution in [0.4, 0.5) is 5.69 Å². The highest BCUT2D eigenvalue weighted by Crippen LogP contribution is 2.20. The lowest BCUT2D eigenvalue weighted by Gasteiger charge is -2.35. The first-order chi connectivity index (χ1) is 10.1. The van der Waals surface area contributed by atoms with Crippen LogP contribution in [-0.2, 0) is 4.79 Å². The molecule has 2 aliphatic rings. The Morgan fingerprint density at radius 2 is 1.95 bits per heavy atom. The maximum atomic E-state index is 12.0. The van der Waals surface area contributed by atoms with Crippen LogP contribution >= 0.6 is 0 Å². The van der Waals surface area contributed by atoms with E-state index in [-0.39, 0.29) is 11.8 Å². The van der Waals surface area contributed by atoms with Gasteiger partial charge in [-0.05, 0) is 25.0 Å². The molecule has 2 amide bonds. The topological polar surface area (TPSA) is 65.5 Å². The Morgan fingerprint density at radius 1 is 1.24 bits per heavy atom. The largest absolute Gasteiger partial charge is 0.368 e. The Morgan fingerprint density at radius 3 is 2.57 bits per heavy atom. The van der Waals surface area contributed by atoms with Crippen molar-refractivity contribution < 1.29 is 9.59 Å². The minimum absolute atomic E-state index is 0.0956. The lowest BCUT2D eigenvalue weighted by atomic mass is 10.2. The quantitative estimate of drug-likeness (QED) is 0.886. The number of hydrogen-bond acceptors (Lipinski definition) is 4. The van der Waals surface area contributed by atoms with Crippen LogP contribution in [0, 0.1) is 0 Å². The van der Waals surface area contributed by atoms with Gasteiger partial charge in [0.2, 0.25) is 5.91 Å². The predicted octanol–water partition coefficient (Wildman–Crippen LogP) is 0.642. The van der Waals surface area contributed by atoms with E-state index in [2.05, 4.69) is 15.2 Å². The lowest BCUT2D eigenvalue weighted by Crippen LogP contribution is -2.48. The van der Waals surface area contributed by atoms with Gasteiger partial charge in [0.15, 0.2) is 0 Å². The summed E-state index contributed by atoms with van der Waals surface area (Å²) in [4.78, 5) is 31.6. The Kier molecular flexibility index (Phi) is 3.77. The molecule has 3 rings (SSSR count). The fraction of sp³-hybridized carbons (Fsp3) is 0.533. The van der Waals surface area contributed by atoms with E-state index in [9.17, 15) is 9.59 Å². The third kappa shape index (κ3) is 3.32. The van der Waals surface area contributed by atoms with Gasteiger partial charge in [0, 0.05) is 51.0 Å². The number of pyridine rings is 1. The van der Waals surface area contributed by atoms with Crippen LogP contribution in [0.2, 0.25) is 0 Å². The first kappa shape index (κ1) is 13.9. The molecule has 0 atom stereocenters. The van der Waals surface area contributed by atoms with Crippen molar-refractivity contribution in [2.45, 2.75) is 25.8 Å². The standard InChI is InChI=1S/C15H20N4O2/c1-11(20)18-6-8-19(9-7-18)13-4-5-16-14(10-13)15(21)17-12-2-3-12/h4-5,10,12H,2-3,6-9H2,1H3,(H,17,21).